The van der Waals surface area contributed by atoms with Gasteiger partial charge in [-0.15, -0.1) is 0 Å². The molecule has 5 nitrogen and oxygen atoms in total. The molecule has 1 aromatic heterocycles. The molecule has 2 N–H and O–H groups in total. The summed E-state index contributed by atoms with van der Waals surface area (Å²) in [5, 5.41) is 10.3. The standard InChI is InChI=1S/C16H19N3O2/c20-15(8-5-11-3-1-2-4-11)18-13-7-6-12-10-17-19-16(21)14(12)9-13/h6-7,9-11H,1-5,8H2,(H,18,20)(H,19,21). The first-order valence-electron chi connectivity index (χ1n) is 7.50. The molecule has 2 aromatic rings. The van der Waals surface area contributed by atoms with Crippen LogP contribution < -0.4 is 10.9 Å². The Kier molecular flexibility index (Phi) is 3.99. The maximum absolute atomic E-state index is 12.0. The third-order valence-electron chi connectivity index (χ3n) is 4.21. The lowest BCUT2D eigenvalue weighted by Gasteiger charge is -2.09. The predicted molar refractivity (Wildman–Crippen MR) is 82.2 cm³/mol. The van der Waals surface area contributed by atoms with E-state index >= 15 is 0 Å². The van der Waals surface area contributed by atoms with Gasteiger partial charge in [-0.2, -0.15) is 5.10 Å². The number of hydrogen-bond donors (Lipinski definition) is 2. The molecule has 0 saturated heterocycles. The van der Waals surface area contributed by atoms with E-state index in [4.69, 9.17) is 0 Å². The molecule has 1 heterocycles. The summed E-state index contributed by atoms with van der Waals surface area (Å²) in [6.07, 6.45) is 8.22. The van der Waals surface area contributed by atoms with E-state index in [1.807, 2.05) is 0 Å². The van der Waals surface area contributed by atoms with Gasteiger partial charge in [0, 0.05) is 17.5 Å². The monoisotopic (exact) mass is 285 g/mol. The topological polar surface area (TPSA) is 74.8 Å². The molecule has 0 unspecified atom stereocenters. The highest BCUT2D eigenvalue weighted by molar-refractivity contribution is 5.93. The third-order valence-corrected chi connectivity index (χ3v) is 4.21. The Morgan fingerprint density at radius 2 is 2.14 bits per heavy atom. The number of nitrogens with zero attached hydrogens (tertiary/aromatic N) is 1. The quantitative estimate of drug-likeness (QED) is 0.907. The van der Waals surface area contributed by atoms with Gasteiger partial charge in [0.25, 0.3) is 5.56 Å². The van der Waals surface area contributed by atoms with Gasteiger partial charge >= 0.3 is 0 Å². The van der Waals surface area contributed by atoms with Crippen LogP contribution in [0.5, 0.6) is 0 Å². The molecule has 1 aliphatic carbocycles. The van der Waals surface area contributed by atoms with Crippen LogP contribution in [0.25, 0.3) is 10.8 Å². The minimum absolute atomic E-state index is 0.0201. The minimum Gasteiger partial charge on any atom is -0.326 e. The SMILES string of the molecule is O=C(CCC1CCCC1)Nc1ccc2cn[nH]c(=O)c2c1. The summed E-state index contributed by atoms with van der Waals surface area (Å²) in [6, 6.07) is 5.30. The van der Waals surface area contributed by atoms with Gasteiger partial charge in [-0.05, 0) is 24.5 Å². The molecular weight excluding hydrogens is 266 g/mol. The number of H-pyrrole nitrogens is 1. The molecule has 3 rings (SSSR count). The zero-order chi connectivity index (χ0) is 14.7. The van der Waals surface area contributed by atoms with E-state index < -0.39 is 0 Å². The van der Waals surface area contributed by atoms with E-state index in [1.165, 1.54) is 25.7 Å². The number of aromatic nitrogens is 2. The lowest BCUT2D eigenvalue weighted by Crippen LogP contribution is -2.13. The maximum atomic E-state index is 12.0. The Morgan fingerprint density at radius 1 is 1.33 bits per heavy atom. The van der Waals surface area contributed by atoms with Crippen LogP contribution in [0.3, 0.4) is 0 Å². The molecule has 0 aliphatic heterocycles. The fourth-order valence-electron chi connectivity index (χ4n) is 3.02. The summed E-state index contributed by atoms with van der Waals surface area (Å²) in [5.41, 5.74) is 0.421. The fourth-order valence-corrected chi connectivity index (χ4v) is 3.02. The van der Waals surface area contributed by atoms with Crippen molar-refractivity contribution < 1.29 is 4.79 Å². The van der Waals surface area contributed by atoms with Gasteiger partial charge in [0.05, 0.1) is 11.6 Å². The van der Waals surface area contributed by atoms with Crippen molar-refractivity contribution in [1.29, 1.82) is 0 Å². The second-order valence-electron chi connectivity index (χ2n) is 5.74. The normalized spacial score (nSPS) is 15.4. The average Bonchev–Trinajstić information content (AvgIpc) is 2.99. The van der Waals surface area contributed by atoms with E-state index in [0.717, 1.165) is 11.8 Å². The first-order chi connectivity index (χ1) is 10.2. The average molecular weight is 285 g/mol. The molecule has 1 amide bonds. The number of amides is 1. The summed E-state index contributed by atoms with van der Waals surface area (Å²) in [6.45, 7) is 0. The molecular formula is C16H19N3O2. The summed E-state index contributed by atoms with van der Waals surface area (Å²) in [7, 11) is 0. The van der Waals surface area contributed by atoms with Crippen molar-refractivity contribution in [2.75, 3.05) is 5.32 Å². The Morgan fingerprint density at radius 3 is 2.95 bits per heavy atom. The van der Waals surface area contributed by atoms with E-state index in [2.05, 4.69) is 15.5 Å². The van der Waals surface area contributed by atoms with Crippen molar-refractivity contribution in [3.63, 3.8) is 0 Å². The highest BCUT2D eigenvalue weighted by Gasteiger charge is 2.16. The van der Waals surface area contributed by atoms with Gasteiger partial charge in [-0.25, -0.2) is 5.10 Å². The maximum Gasteiger partial charge on any atom is 0.272 e. The molecule has 0 spiro atoms. The number of hydrogen-bond acceptors (Lipinski definition) is 3. The third kappa shape index (κ3) is 3.29. The van der Waals surface area contributed by atoms with Crippen molar-refractivity contribution in [2.24, 2.45) is 5.92 Å². The predicted octanol–water partition coefficient (Wildman–Crippen LogP) is 2.83. The van der Waals surface area contributed by atoms with Crippen LogP contribution in [0, 0.1) is 5.92 Å². The Bertz CT molecular complexity index is 702. The van der Waals surface area contributed by atoms with Crippen LogP contribution in [0.1, 0.15) is 38.5 Å². The Labute approximate surface area is 122 Å². The molecule has 0 bridgehead atoms. The first kappa shape index (κ1) is 13.8. The number of nitrogens with one attached hydrogen (secondary N) is 2. The lowest BCUT2D eigenvalue weighted by molar-refractivity contribution is -0.116. The number of aromatic amines is 1. The molecule has 0 radical (unpaired) electrons. The van der Waals surface area contributed by atoms with Crippen molar-refractivity contribution in [3.05, 3.63) is 34.7 Å². The van der Waals surface area contributed by atoms with Crippen LogP contribution >= 0.6 is 0 Å². The second kappa shape index (κ2) is 6.08. The van der Waals surface area contributed by atoms with Gasteiger partial charge in [0.2, 0.25) is 5.91 Å². The molecule has 1 aliphatic rings. The summed E-state index contributed by atoms with van der Waals surface area (Å²) in [4.78, 5) is 23.7. The van der Waals surface area contributed by atoms with Gasteiger partial charge in [-0.3, -0.25) is 9.59 Å². The van der Waals surface area contributed by atoms with Crippen LogP contribution in [0.2, 0.25) is 0 Å². The number of rotatable bonds is 4. The van der Waals surface area contributed by atoms with Crippen LogP contribution in [-0.4, -0.2) is 16.1 Å². The fraction of sp³-hybridized carbons (Fsp3) is 0.438. The molecule has 110 valence electrons. The van der Waals surface area contributed by atoms with E-state index in [-0.39, 0.29) is 11.5 Å². The summed E-state index contributed by atoms with van der Waals surface area (Å²) in [5.74, 6) is 0.730. The van der Waals surface area contributed by atoms with E-state index in [9.17, 15) is 9.59 Å². The lowest BCUT2D eigenvalue weighted by atomic mass is 10.0. The minimum atomic E-state index is -0.241. The second-order valence-corrected chi connectivity index (χ2v) is 5.74. The smallest absolute Gasteiger partial charge is 0.272 e. The molecule has 1 fully saturated rings. The van der Waals surface area contributed by atoms with Crippen molar-refractivity contribution in [2.45, 2.75) is 38.5 Å². The van der Waals surface area contributed by atoms with Crippen LogP contribution in [-0.2, 0) is 4.79 Å². The van der Waals surface area contributed by atoms with Crippen LogP contribution in [0.4, 0.5) is 5.69 Å². The zero-order valence-electron chi connectivity index (χ0n) is 11.9. The van der Waals surface area contributed by atoms with Crippen molar-refractivity contribution in [1.82, 2.24) is 10.2 Å². The Balaban J connectivity index is 1.65. The van der Waals surface area contributed by atoms with Gasteiger partial charge in [0.15, 0.2) is 0 Å². The Hall–Kier alpha value is -2.17. The number of carbonyl (C=O) groups excluding carboxylic acids is 1. The number of fused-ring (bicyclic) bond motifs is 1. The zero-order valence-corrected chi connectivity index (χ0v) is 11.9. The number of benzene rings is 1. The highest BCUT2D eigenvalue weighted by Crippen LogP contribution is 2.28. The molecule has 1 saturated carbocycles. The first-order valence-corrected chi connectivity index (χ1v) is 7.50. The molecule has 21 heavy (non-hydrogen) atoms. The van der Waals surface area contributed by atoms with Crippen molar-refractivity contribution in [3.8, 4) is 0 Å². The summed E-state index contributed by atoms with van der Waals surface area (Å²) >= 11 is 0. The van der Waals surface area contributed by atoms with Crippen LogP contribution in [0.15, 0.2) is 29.2 Å². The van der Waals surface area contributed by atoms with E-state index in [0.29, 0.717) is 23.4 Å². The molecule has 0 atom stereocenters. The molecule has 1 aromatic carbocycles. The largest absolute Gasteiger partial charge is 0.326 e. The summed E-state index contributed by atoms with van der Waals surface area (Å²) < 4.78 is 0. The number of anilines is 1. The number of carbonyl (C=O) groups is 1. The highest BCUT2D eigenvalue weighted by atomic mass is 16.1. The van der Waals surface area contributed by atoms with Gasteiger partial charge in [0.1, 0.15) is 0 Å². The van der Waals surface area contributed by atoms with Gasteiger partial charge in [-0.1, -0.05) is 31.7 Å². The van der Waals surface area contributed by atoms with E-state index in [1.54, 1.807) is 24.4 Å². The van der Waals surface area contributed by atoms with Crippen molar-refractivity contribution >= 4 is 22.4 Å². The molecule has 5 heteroatoms. The van der Waals surface area contributed by atoms with Gasteiger partial charge < -0.3 is 5.32 Å².